The maximum absolute atomic E-state index is 3.51. The first kappa shape index (κ1) is 12.6. The van der Waals surface area contributed by atoms with E-state index < -0.39 is 0 Å². The maximum atomic E-state index is 3.51. The number of benzene rings is 2. The number of para-hydroxylation sites is 2. The summed E-state index contributed by atoms with van der Waals surface area (Å²) in [6.07, 6.45) is 1.98. The summed E-state index contributed by atoms with van der Waals surface area (Å²) in [7, 11) is 4.12. The fourth-order valence-electron chi connectivity index (χ4n) is 2.42. The molecule has 0 fully saturated rings. The second-order valence-electron chi connectivity index (χ2n) is 5.16. The van der Waals surface area contributed by atoms with Crippen LogP contribution in [0.4, 0.5) is 11.4 Å². The van der Waals surface area contributed by atoms with Crippen molar-refractivity contribution in [3.8, 4) is 0 Å². The summed E-state index contributed by atoms with van der Waals surface area (Å²) < 4.78 is 0. The average molecular weight is 265 g/mol. The van der Waals surface area contributed by atoms with Crippen molar-refractivity contribution < 1.29 is 0 Å². The van der Waals surface area contributed by atoms with E-state index in [1.165, 1.54) is 22.2 Å². The molecule has 1 aromatic heterocycles. The van der Waals surface area contributed by atoms with Crippen LogP contribution in [0, 0.1) is 0 Å². The van der Waals surface area contributed by atoms with Crippen LogP contribution in [0.25, 0.3) is 10.9 Å². The zero-order chi connectivity index (χ0) is 13.9. The minimum Gasteiger partial charge on any atom is -0.379 e. The molecular weight excluding hydrogens is 246 g/mol. The second-order valence-corrected chi connectivity index (χ2v) is 5.16. The largest absolute Gasteiger partial charge is 0.379 e. The predicted molar refractivity (Wildman–Crippen MR) is 86.4 cm³/mol. The summed E-state index contributed by atoms with van der Waals surface area (Å²) in [5.74, 6) is 0. The zero-order valence-corrected chi connectivity index (χ0v) is 11.9. The van der Waals surface area contributed by atoms with E-state index in [1.807, 2.05) is 6.20 Å². The number of nitrogens with one attached hydrogen (secondary N) is 2. The van der Waals surface area contributed by atoms with Crippen molar-refractivity contribution in [2.45, 2.75) is 6.54 Å². The van der Waals surface area contributed by atoms with Gasteiger partial charge in [0.25, 0.3) is 0 Å². The zero-order valence-electron chi connectivity index (χ0n) is 11.9. The van der Waals surface area contributed by atoms with Crippen LogP contribution in [0.1, 0.15) is 5.56 Å². The quantitative estimate of drug-likeness (QED) is 0.751. The van der Waals surface area contributed by atoms with Gasteiger partial charge in [0.1, 0.15) is 0 Å². The Labute approximate surface area is 119 Å². The first-order chi connectivity index (χ1) is 9.74. The Kier molecular flexibility index (Phi) is 3.33. The Hall–Kier alpha value is -2.42. The van der Waals surface area contributed by atoms with Gasteiger partial charge in [0.15, 0.2) is 0 Å². The minimum atomic E-state index is 0.819. The molecule has 3 rings (SSSR count). The Balaban J connectivity index is 1.79. The second kappa shape index (κ2) is 5.29. The molecule has 3 heteroatoms. The van der Waals surface area contributed by atoms with Crippen molar-refractivity contribution in [1.29, 1.82) is 0 Å². The Bertz CT molecular complexity index is 713. The fourth-order valence-corrected chi connectivity index (χ4v) is 2.42. The van der Waals surface area contributed by atoms with Crippen LogP contribution >= 0.6 is 0 Å². The number of anilines is 2. The molecule has 0 bridgehead atoms. The third-order valence-corrected chi connectivity index (χ3v) is 3.49. The molecule has 0 aliphatic carbocycles. The van der Waals surface area contributed by atoms with E-state index in [4.69, 9.17) is 0 Å². The number of hydrogen-bond acceptors (Lipinski definition) is 2. The van der Waals surface area contributed by atoms with Crippen molar-refractivity contribution in [2.75, 3.05) is 24.3 Å². The lowest BCUT2D eigenvalue weighted by Gasteiger charge is -2.18. The number of aromatic nitrogens is 1. The Morgan fingerprint density at radius 1 is 1.05 bits per heavy atom. The Morgan fingerprint density at radius 3 is 2.75 bits per heavy atom. The molecule has 2 aromatic carbocycles. The van der Waals surface area contributed by atoms with Crippen LogP contribution in [-0.2, 0) is 6.54 Å². The summed E-state index contributed by atoms with van der Waals surface area (Å²) in [4.78, 5) is 5.37. The van der Waals surface area contributed by atoms with Gasteiger partial charge in [-0.2, -0.15) is 0 Å². The van der Waals surface area contributed by atoms with Gasteiger partial charge in [-0.15, -0.1) is 0 Å². The molecule has 1 heterocycles. The molecular formula is C17H19N3. The highest BCUT2D eigenvalue weighted by molar-refractivity contribution is 5.80. The number of aromatic amines is 1. The number of H-pyrrole nitrogens is 1. The van der Waals surface area contributed by atoms with Crippen molar-refractivity contribution in [3.05, 3.63) is 60.3 Å². The molecule has 0 atom stereocenters. The van der Waals surface area contributed by atoms with Crippen LogP contribution < -0.4 is 10.2 Å². The van der Waals surface area contributed by atoms with Crippen LogP contribution in [0.15, 0.2) is 54.7 Å². The standard InChI is InChI=1S/C17H19N3/c1-20(2)17-6-4-3-5-15(17)19-12-13-7-8-14-9-10-18-16(14)11-13/h3-11,18-19H,12H2,1-2H3. The monoisotopic (exact) mass is 265 g/mol. The summed E-state index contributed by atoms with van der Waals surface area (Å²) in [6, 6.07) is 17.0. The molecule has 0 saturated heterocycles. The molecule has 3 nitrogen and oxygen atoms in total. The van der Waals surface area contributed by atoms with Crippen LogP contribution in [0.2, 0.25) is 0 Å². The van der Waals surface area contributed by atoms with Crippen molar-refractivity contribution in [2.24, 2.45) is 0 Å². The van der Waals surface area contributed by atoms with Crippen LogP contribution in [0.3, 0.4) is 0 Å². The summed E-state index contributed by atoms with van der Waals surface area (Å²) >= 11 is 0. The molecule has 20 heavy (non-hydrogen) atoms. The first-order valence-corrected chi connectivity index (χ1v) is 6.80. The van der Waals surface area contributed by atoms with E-state index in [1.54, 1.807) is 0 Å². The topological polar surface area (TPSA) is 31.1 Å². The van der Waals surface area contributed by atoms with Crippen molar-refractivity contribution in [1.82, 2.24) is 4.98 Å². The van der Waals surface area contributed by atoms with Crippen molar-refractivity contribution >= 4 is 22.3 Å². The summed E-state index contributed by atoms with van der Waals surface area (Å²) in [6.45, 7) is 0.819. The van der Waals surface area contributed by atoms with Gasteiger partial charge in [0.2, 0.25) is 0 Å². The van der Waals surface area contributed by atoms with E-state index in [0.717, 1.165) is 12.2 Å². The highest BCUT2D eigenvalue weighted by Gasteiger charge is 2.03. The molecule has 0 aliphatic heterocycles. The van der Waals surface area contributed by atoms with E-state index in [9.17, 15) is 0 Å². The van der Waals surface area contributed by atoms with Crippen LogP contribution in [-0.4, -0.2) is 19.1 Å². The molecule has 102 valence electrons. The summed E-state index contributed by atoms with van der Waals surface area (Å²) in [5.41, 5.74) is 4.82. The van der Waals surface area contributed by atoms with Gasteiger partial charge in [-0.05, 0) is 35.2 Å². The number of fused-ring (bicyclic) bond motifs is 1. The van der Waals surface area contributed by atoms with Gasteiger partial charge in [-0.1, -0.05) is 24.3 Å². The number of hydrogen-bond donors (Lipinski definition) is 2. The third kappa shape index (κ3) is 2.48. The lowest BCUT2D eigenvalue weighted by Crippen LogP contribution is -2.12. The highest BCUT2D eigenvalue weighted by atomic mass is 15.1. The first-order valence-electron chi connectivity index (χ1n) is 6.80. The van der Waals surface area contributed by atoms with E-state index in [0.29, 0.717) is 0 Å². The maximum Gasteiger partial charge on any atom is 0.0596 e. The molecule has 0 radical (unpaired) electrons. The normalized spacial score (nSPS) is 10.7. The number of nitrogens with zero attached hydrogens (tertiary/aromatic N) is 1. The van der Waals surface area contributed by atoms with Gasteiger partial charge in [0, 0.05) is 32.4 Å². The molecule has 0 unspecified atom stereocenters. The molecule has 0 saturated carbocycles. The molecule has 2 N–H and O–H groups in total. The minimum absolute atomic E-state index is 0.819. The van der Waals surface area contributed by atoms with Crippen molar-refractivity contribution in [3.63, 3.8) is 0 Å². The van der Waals surface area contributed by atoms with E-state index in [-0.39, 0.29) is 0 Å². The van der Waals surface area contributed by atoms with Gasteiger partial charge < -0.3 is 15.2 Å². The molecule has 0 spiro atoms. The highest BCUT2D eigenvalue weighted by Crippen LogP contribution is 2.24. The SMILES string of the molecule is CN(C)c1ccccc1NCc1ccc2cc[nH]c2c1. The van der Waals surface area contributed by atoms with E-state index >= 15 is 0 Å². The average Bonchev–Trinajstić information content (AvgIpc) is 2.92. The van der Waals surface area contributed by atoms with Gasteiger partial charge in [0.05, 0.1) is 11.4 Å². The lowest BCUT2D eigenvalue weighted by molar-refractivity contribution is 1.10. The van der Waals surface area contributed by atoms with Gasteiger partial charge in [-0.25, -0.2) is 0 Å². The van der Waals surface area contributed by atoms with Gasteiger partial charge >= 0.3 is 0 Å². The molecule has 3 aromatic rings. The predicted octanol–water partition coefficient (Wildman–Crippen LogP) is 3.85. The Morgan fingerprint density at radius 2 is 1.90 bits per heavy atom. The smallest absolute Gasteiger partial charge is 0.0596 e. The van der Waals surface area contributed by atoms with Gasteiger partial charge in [-0.3, -0.25) is 0 Å². The molecule has 0 aliphatic rings. The summed E-state index contributed by atoms with van der Waals surface area (Å²) in [5, 5.41) is 4.76. The molecule has 0 amide bonds. The fraction of sp³-hybridized carbons (Fsp3) is 0.176. The van der Waals surface area contributed by atoms with Crippen LogP contribution in [0.5, 0.6) is 0 Å². The number of rotatable bonds is 4. The lowest BCUT2D eigenvalue weighted by atomic mass is 10.1. The van der Waals surface area contributed by atoms with E-state index in [2.05, 4.69) is 77.8 Å². The third-order valence-electron chi connectivity index (χ3n) is 3.49.